The molecule has 0 amide bonds. The van der Waals surface area contributed by atoms with Crippen molar-refractivity contribution in [1.29, 1.82) is 0 Å². The first-order valence-corrected chi connectivity index (χ1v) is 6.09. The van der Waals surface area contributed by atoms with E-state index < -0.39 is 23.4 Å². The maximum atomic E-state index is 13.0. The number of nitrogens with zero attached hydrogens (tertiary/aromatic N) is 3. The number of carboxylic acid groups (broad SMARTS) is 1. The molecular weight excluding hydrogens is 366 g/mol. The molecular formula is C10H4BrClF3N3O2. The molecule has 20 heavy (non-hydrogen) atoms. The first kappa shape index (κ1) is 14.8. The standard InChI is InChI=1S/C10H4BrClF3N3O2/c11-4-1-6(12)8(16-2-4)18-7(10(13,14)15)5(3-17-18)9(19)20/h1-3H,(H,19,20). The summed E-state index contributed by atoms with van der Waals surface area (Å²) in [5, 5.41) is 12.1. The second-order valence-electron chi connectivity index (χ2n) is 3.58. The van der Waals surface area contributed by atoms with Gasteiger partial charge in [0.25, 0.3) is 0 Å². The van der Waals surface area contributed by atoms with E-state index in [0.29, 0.717) is 15.4 Å². The van der Waals surface area contributed by atoms with Crippen molar-refractivity contribution in [3.05, 3.63) is 39.2 Å². The van der Waals surface area contributed by atoms with Crippen LogP contribution in [0.25, 0.3) is 5.82 Å². The van der Waals surface area contributed by atoms with Crippen molar-refractivity contribution >= 4 is 33.5 Å². The molecule has 2 rings (SSSR count). The molecule has 5 nitrogen and oxygen atoms in total. The van der Waals surface area contributed by atoms with Gasteiger partial charge in [-0.25, -0.2) is 14.5 Å². The zero-order valence-electron chi connectivity index (χ0n) is 9.32. The Morgan fingerprint density at radius 1 is 1.40 bits per heavy atom. The molecule has 0 radical (unpaired) electrons. The summed E-state index contributed by atoms with van der Waals surface area (Å²) in [6, 6.07) is 1.33. The highest BCUT2D eigenvalue weighted by Gasteiger charge is 2.41. The van der Waals surface area contributed by atoms with Crippen LogP contribution in [0.1, 0.15) is 16.1 Å². The molecule has 0 aliphatic carbocycles. The molecule has 0 aromatic carbocycles. The number of aromatic nitrogens is 3. The number of rotatable bonds is 2. The van der Waals surface area contributed by atoms with Crippen LogP contribution in [0.3, 0.4) is 0 Å². The zero-order valence-corrected chi connectivity index (χ0v) is 11.7. The lowest BCUT2D eigenvalue weighted by molar-refractivity contribution is -0.143. The fourth-order valence-corrected chi connectivity index (χ4v) is 2.21. The smallest absolute Gasteiger partial charge is 0.434 e. The predicted octanol–water partition coefficient (Wildman–Crippen LogP) is 3.40. The van der Waals surface area contributed by atoms with Crippen molar-refractivity contribution in [2.45, 2.75) is 6.18 Å². The first-order valence-electron chi connectivity index (χ1n) is 4.91. The van der Waals surface area contributed by atoms with Gasteiger partial charge in [0, 0.05) is 10.7 Å². The van der Waals surface area contributed by atoms with Gasteiger partial charge in [0.2, 0.25) is 0 Å². The van der Waals surface area contributed by atoms with E-state index in [1.54, 1.807) is 0 Å². The lowest BCUT2D eigenvalue weighted by Gasteiger charge is -2.11. The predicted molar refractivity (Wildman–Crippen MR) is 66.0 cm³/mol. The average molecular weight is 371 g/mol. The molecule has 0 fully saturated rings. The molecule has 0 spiro atoms. The van der Waals surface area contributed by atoms with E-state index >= 15 is 0 Å². The minimum absolute atomic E-state index is 0.107. The second-order valence-corrected chi connectivity index (χ2v) is 4.90. The summed E-state index contributed by atoms with van der Waals surface area (Å²) in [6.07, 6.45) is -3.09. The van der Waals surface area contributed by atoms with E-state index in [0.717, 1.165) is 0 Å². The normalized spacial score (nSPS) is 11.7. The van der Waals surface area contributed by atoms with Gasteiger partial charge in [0.1, 0.15) is 5.56 Å². The summed E-state index contributed by atoms with van der Waals surface area (Å²) in [6.45, 7) is 0. The van der Waals surface area contributed by atoms with Crippen molar-refractivity contribution in [2.75, 3.05) is 0 Å². The summed E-state index contributed by atoms with van der Waals surface area (Å²) in [5.41, 5.74) is -2.42. The summed E-state index contributed by atoms with van der Waals surface area (Å²) in [5.74, 6) is -2.05. The van der Waals surface area contributed by atoms with Gasteiger partial charge in [-0.3, -0.25) is 0 Å². The Bertz CT molecular complexity index is 687. The third-order valence-corrected chi connectivity index (χ3v) is 2.97. The van der Waals surface area contributed by atoms with Crippen LogP contribution >= 0.6 is 27.5 Å². The largest absolute Gasteiger partial charge is 0.478 e. The van der Waals surface area contributed by atoms with Gasteiger partial charge in [-0.2, -0.15) is 18.3 Å². The van der Waals surface area contributed by atoms with Gasteiger partial charge >= 0.3 is 12.1 Å². The quantitative estimate of drug-likeness (QED) is 0.880. The minimum atomic E-state index is -4.91. The SMILES string of the molecule is O=C(O)c1cnn(-c2ncc(Br)cc2Cl)c1C(F)(F)F. The number of aromatic carboxylic acids is 1. The monoisotopic (exact) mass is 369 g/mol. The van der Waals surface area contributed by atoms with Crippen molar-refractivity contribution in [2.24, 2.45) is 0 Å². The highest BCUT2D eigenvalue weighted by atomic mass is 79.9. The van der Waals surface area contributed by atoms with Crippen LogP contribution in [0.15, 0.2) is 22.9 Å². The van der Waals surface area contributed by atoms with Crippen LogP contribution < -0.4 is 0 Å². The maximum absolute atomic E-state index is 13.0. The lowest BCUT2D eigenvalue weighted by atomic mass is 10.2. The third kappa shape index (κ3) is 2.63. The van der Waals surface area contributed by atoms with Gasteiger partial charge < -0.3 is 5.11 Å². The van der Waals surface area contributed by atoms with Gasteiger partial charge in [0.15, 0.2) is 11.5 Å². The highest BCUT2D eigenvalue weighted by Crippen LogP contribution is 2.34. The Morgan fingerprint density at radius 3 is 2.55 bits per heavy atom. The molecule has 0 saturated heterocycles. The Labute approximate surface area is 123 Å². The van der Waals surface area contributed by atoms with Crippen LogP contribution in [-0.4, -0.2) is 25.8 Å². The molecule has 0 bridgehead atoms. The number of pyridine rings is 1. The summed E-state index contributed by atoms with van der Waals surface area (Å²) in [4.78, 5) is 14.6. The highest BCUT2D eigenvalue weighted by molar-refractivity contribution is 9.10. The van der Waals surface area contributed by atoms with Crippen LogP contribution in [0.5, 0.6) is 0 Å². The van der Waals surface area contributed by atoms with Crippen LogP contribution in [0.2, 0.25) is 5.02 Å². The summed E-state index contributed by atoms with van der Waals surface area (Å²) in [7, 11) is 0. The van der Waals surface area contributed by atoms with E-state index in [2.05, 4.69) is 26.0 Å². The van der Waals surface area contributed by atoms with E-state index in [1.165, 1.54) is 12.3 Å². The fraction of sp³-hybridized carbons (Fsp3) is 0.100. The van der Waals surface area contributed by atoms with Crippen molar-refractivity contribution in [3.8, 4) is 5.82 Å². The summed E-state index contributed by atoms with van der Waals surface area (Å²) < 4.78 is 39.8. The van der Waals surface area contributed by atoms with Gasteiger partial charge in [-0.15, -0.1) is 0 Å². The van der Waals surface area contributed by atoms with Gasteiger partial charge in [-0.05, 0) is 22.0 Å². The van der Waals surface area contributed by atoms with Crippen molar-refractivity contribution in [3.63, 3.8) is 0 Å². The number of hydrogen-bond donors (Lipinski definition) is 1. The molecule has 106 valence electrons. The van der Waals surface area contributed by atoms with Crippen LogP contribution in [0.4, 0.5) is 13.2 Å². The molecule has 2 aromatic rings. The second kappa shape index (κ2) is 5.06. The molecule has 1 N–H and O–H groups in total. The molecule has 0 aliphatic heterocycles. The molecule has 0 atom stereocenters. The zero-order chi connectivity index (χ0) is 15.1. The number of alkyl halides is 3. The third-order valence-electron chi connectivity index (χ3n) is 2.26. The fourth-order valence-electron chi connectivity index (χ4n) is 1.50. The topological polar surface area (TPSA) is 68.0 Å². The molecule has 0 saturated carbocycles. The Balaban J connectivity index is 2.72. The van der Waals surface area contributed by atoms with Crippen molar-refractivity contribution < 1.29 is 23.1 Å². The molecule has 0 unspecified atom stereocenters. The van der Waals surface area contributed by atoms with E-state index in [9.17, 15) is 18.0 Å². The average Bonchev–Trinajstić information content (AvgIpc) is 2.73. The number of carboxylic acids is 1. The van der Waals surface area contributed by atoms with Crippen molar-refractivity contribution in [1.82, 2.24) is 14.8 Å². The lowest BCUT2D eigenvalue weighted by Crippen LogP contribution is -2.18. The Kier molecular flexibility index (Phi) is 3.74. The van der Waals surface area contributed by atoms with Crippen LogP contribution in [0, 0.1) is 0 Å². The first-order chi connectivity index (χ1) is 9.21. The minimum Gasteiger partial charge on any atom is -0.478 e. The molecule has 0 aliphatic rings. The van der Waals surface area contributed by atoms with E-state index in [-0.39, 0.29) is 10.8 Å². The van der Waals surface area contributed by atoms with E-state index in [4.69, 9.17) is 16.7 Å². The number of halogens is 5. The van der Waals surface area contributed by atoms with Crippen LogP contribution in [-0.2, 0) is 6.18 Å². The van der Waals surface area contributed by atoms with E-state index in [1.807, 2.05) is 0 Å². The van der Waals surface area contributed by atoms with Gasteiger partial charge in [0.05, 0.1) is 11.2 Å². The maximum Gasteiger partial charge on any atom is 0.434 e. The molecule has 2 aromatic heterocycles. The Morgan fingerprint density at radius 2 is 2.05 bits per heavy atom. The summed E-state index contributed by atoms with van der Waals surface area (Å²) >= 11 is 8.87. The number of hydrogen-bond acceptors (Lipinski definition) is 3. The molecule has 10 heteroatoms. The van der Waals surface area contributed by atoms with Gasteiger partial charge in [-0.1, -0.05) is 11.6 Å². The number of carbonyl (C=O) groups is 1. The Hall–Kier alpha value is -1.61. The molecule has 2 heterocycles.